The van der Waals surface area contributed by atoms with Crippen LogP contribution in [0.1, 0.15) is 45.1 Å². The molecule has 3 heterocycles. The number of carboxylic acids is 1. The quantitative estimate of drug-likeness (QED) is 0.608. The van der Waals surface area contributed by atoms with Crippen molar-refractivity contribution in [2.75, 3.05) is 5.32 Å². The molecule has 0 saturated heterocycles. The second-order valence-electron chi connectivity index (χ2n) is 8.11. The standard InChI is InChI=1S/C21H25N5O3/c1-21(2,29)15-4-3-11-26-17(12-23-18(15)26)16-9-10-22-20(25-16)24-14-7-5-13(6-8-14)19(27)28/h3-4,9-14,29H,5-8H2,1-2H3,(H,27,28)(H,22,24,25). The van der Waals surface area contributed by atoms with E-state index >= 15 is 0 Å². The lowest BCUT2D eigenvalue weighted by Crippen LogP contribution is -2.29. The van der Waals surface area contributed by atoms with Crippen LogP contribution in [0.25, 0.3) is 17.0 Å². The highest BCUT2D eigenvalue weighted by atomic mass is 16.4. The first kappa shape index (κ1) is 19.3. The molecule has 3 N–H and O–H groups in total. The zero-order chi connectivity index (χ0) is 20.6. The van der Waals surface area contributed by atoms with Crippen LogP contribution in [0.2, 0.25) is 0 Å². The average molecular weight is 395 g/mol. The maximum Gasteiger partial charge on any atom is 0.306 e. The minimum atomic E-state index is -1.00. The number of imidazole rings is 1. The Hall–Kier alpha value is -3.00. The molecule has 1 saturated carbocycles. The van der Waals surface area contributed by atoms with E-state index in [2.05, 4.69) is 20.3 Å². The van der Waals surface area contributed by atoms with E-state index in [4.69, 9.17) is 5.11 Å². The summed E-state index contributed by atoms with van der Waals surface area (Å²) in [6, 6.07) is 5.75. The van der Waals surface area contributed by atoms with Crippen molar-refractivity contribution in [3.8, 4) is 11.4 Å². The van der Waals surface area contributed by atoms with Crippen LogP contribution in [0.5, 0.6) is 0 Å². The topological polar surface area (TPSA) is 113 Å². The van der Waals surface area contributed by atoms with Crippen molar-refractivity contribution in [2.45, 2.75) is 51.2 Å². The Morgan fingerprint density at radius 2 is 1.97 bits per heavy atom. The predicted molar refractivity (Wildman–Crippen MR) is 108 cm³/mol. The van der Waals surface area contributed by atoms with Crippen LogP contribution < -0.4 is 5.32 Å². The number of carboxylic acid groups (broad SMARTS) is 1. The lowest BCUT2D eigenvalue weighted by molar-refractivity contribution is -0.142. The first-order chi connectivity index (χ1) is 13.8. The number of fused-ring (bicyclic) bond motifs is 1. The summed E-state index contributed by atoms with van der Waals surface area (Å²) in [5.74, 6) is -0.432. The van der Waals surface area contributed by atoms with Gasteiger partial charge in [-0.15, -0.1) is 0 Å². The van der Waals surface area contributed by atoms with Gasteiger partial charge in [0.05, 0.1) is 29.1 Å². The fraction of sp³-hybridized carbons (Fsp3) is 0.429. The van der Waals surface area contributed by atoms with Crippen LogP contribution in [-0.4, -0.2) is 41.6 Å². The smallest absolute Gasteiger partial charge is 0.306 e. The monoisotopic (exact) mass is 395 g/mol. The van der Waals surface area contributed by atoms with E-state index in [0.717, 1.165) is 29.8 Å². The van der Waals surface area contributed by atoms with Crippen molar-refractivity contribution in [3.05, 3.63) is 42.4 Å². The molecule has 1 aliphatic carbocycles. The minimum Gasteiger partial charge on any atom is -0.481 e. The molecule has 0 atom stereocenters. The fourth-order valence-corrected chi connectivity index (χ4v) is 3.92. The molecule has 0 unspecified atom stereocenters. The first-order valence-electron chi connectivity index (χ1n) is 9.84. The second-order valence-corrected chi connectivity index (χ2v) is 8.11. The molecule has 8 nitrogen and oxygen atoms in total. The number of pyridine rings is 1. The van der Waals surface area contributed by atoms with Gasteiger partial charge in [0.25, 0.3) is 0 Å². The average Bonchev–Trinajstić information content (AvgIpc) is 3.12. The maximum atomic E-state index is 11.1. The number of hydrogen-bond donors (Lipinski definition) is 3. The third-order valence-corrected chi connectivity index (χ3v) is 5.52. The molecule has 3 aromatic rings. The molecule has 29 heavy (non-hydrogen) atoms. The maximum absolute atomic E-state index is 11.1. The number of rotatable bonds is 5. The number of nitrogens with one attached hydrogen (secondary N) is 1. The Morgan fingerprint density at radius 3 is 2.66 bits per heavy atom. The van der Waals surface area contributed by atoms with Gasteiger partial charge >= 0.3 is 5.97 Å². The largest absolute Gasteiger partial charge is 0.481 e. The number of aromatic nitrogens is 4. The van der Waals surface area contributed by atoms with E-state index < -0.39 is 11.6 Å². The van der Waals surface area contributed by atoms with Crippen LogP contribution in [-0.2, 0) is 10.4 Å². The number of nitrogens with zero attached hydrogens (tertiary/aromatic N) is 4. The summed E-state index contributed by atoms with van der Waals surface area (Å²) in [6.45, 7) is 3.48. The van der Waals surface area contributed by atoms with Crippen molar-refractivity contribution >= 4 is 17.6 Å². The van der Waals surface area contributed by atoms with E-state index in [0.29, 0.717) is 24.4 Å². The van der Waals surface area contributed by atoms with Gasteiger partial charge in [-0.1, -0.05) is 6.07 Å². The molecule has 8 heteroatoms. The van der Waals surface area contributed by atoms with Crippen LogP contribution in [0.3, 0.4) is 0 Å². The molecule has 0 aromatic carbocycles. The molecule has 0 aliphatic heterocycles. The number of carbonyl (C=O) groups is 1. The molecular formula is C21H25N5O3. The summed E-state index contributed by atoms with van der Waals surface area (Å²) in [7, 11) is 0. The van der Waals surface area contributed by atoms with Gasteiger partial charge in [-0.3, -0.25) is 9.20 Å². The van der Waals surface area contributed by atoms with Gasteiger partial charge in [-0.25, -0.2) is 15.0 Å². The van der Waals surface area contributed by atoms with E-state index in [1.165, 1.54) is 0 Å². The van der Waals surface area contributed by atoms with Crippen LogP contribution in [0.4, 0.5) is 5.95 Å². The zero-order valence-electron chi connectivity index (χ0n) is 16.5. The summed E-state index contributed by atoms with van der Waals surface area (Å²) in [6.07, 6.45) is 8.25. The van der Waals surface area contributed by atoms with E-state index in [1.54, 1.807) is 26.2 Å². The zero-order valence-corrected chi connectivity index (χ0v) is 16.5. The third-order valence-electron chi connectivity index (χ3n) is 5.52. The number of anilines is 1. The summed E-state index contributed by atoms with van der Waals surface area (Å²) in [4.78, 5) is 24.6. The summed E-state index contributed by atoms with van der Waals surface area (Å²) in [5, 5.41) is 22.9. The Labute approximate surface area is 168 Å². The molecule has 0 bridgehead atoms. The van der Waals surface area contributed by atoms with Gasteiger partial charge in [0, 0.05) is 24.0 Å². The van der Waals surface area contributed by atoms with Gasteiger partial charge in [-0.05, 0) is 51.7 Å². The fourth-order valence-electron chi connectivity index (χ4n) is 3.92. The highest BCUT2D eigenvalue weighted by molar-refractivity contribution is 5.70. The van der Waals surface area contributed by atoms with Gasteiger partial charge in [0.2, 0.25) is 5.95 Å². The molecule has 3 aromatic heterocycles. The van der Waals surface area contributed by atoms with E-state index in [1.807, 2.05) is 28.8 Å². The van der Waals surface area contributed by atoms with Gasteiger partial charge in [-0.2, -0.15) is 0 Å². The van der Waals surface area contributed by atoms with Crippen molar-refractivity contribution in [3.63, 3.8) is 0 Å². The molecule has 0 spiro atoms. The number of hydrogen-bond acceptors (Lipinski definition) is 6. The van der Waals surface area contributed by atoms with Gasteiger partial charge in [0.15, 0.2) is 0 Å². The van der Waals surface area contributed by atoms with Crippen LogP contribution in [0, 0.1) is 5.92 Å². The van der Waals surface area contributed by atoms with Crippen molar-refractivity contribution in [1.82, 2.24) is 19.4 Å². The van der Waals surface area contributed by atoms with Gasteiger partial charge in [0.1, 0.15) is 5.65 Å². The highest BCUT2D eigenvalue weighted by Gasteiger charge is 2.26. The summed E-state index contributed by atoms with van der Waals surface area (Å²) in [5.41, 5.74) is 1.97. The van der Waals surface area contributed by atoms with Crippen LogP contribution >= 0.6 is 0 Å². The van der Waals surface area contributed by atoms with E-state index in [-0.39, 0.29) is 12.0 Å². The van der Waals surface area contributed by atoms with Gasteiger partial charge < -0.3 is 15.5 Å². The Morgan fingerprint density at radius 1 is 1.21 bits per heavy atom. The normalized spacial score (nSPS) is 20.0. The SMILES string of the molecule is CC(C)(O)c1cccn2c(-c3ccnc(NC4CCC(C(=O)O)CC4)n3)cnc12. The molecule has 0 amide bonds. The summed E-state index contributed by atoms with van der Waals surface area (Å²) >= 11 is 0. The summed E-state index contributed by atoms with van der Waals surface area (Å²) < 4.78 is 1.91. The third kappa shape index (κ3) is 3.93. The Kier molecular flexibility index (Phi) is 4.96. The van der Waals surface area contributed by atoms with E-state index in [9.17, 15) is 9.90 Å². The molecule has 4 rings (SSSR count). The Bertz CT molecular complexity index is 1030. The molecule has 0 radical (unpaired) electrons. The lowest BCUT2D eigenvalue weighted by atomic mass is 9.86. The molecule has 152 valence electrons. The highest BCUT2D eigenvalue weighted by Crippen LogP contribution is 2.29. The molecular weight excluding hydrogens is 370 g/mol. The molecule has 1 aliphatic rings. The number of aliphatic carboxylic acids is 1. The first-order valence-corrected chi connectivity index (χ1v) is 9.84. The van der Waals surface area contributed by atoms with Crippen LogP contribution in [0.15, 0.2) is 36.8 Å². The number of aliphatic hydroxyl groups is 1. The van der Waals surface area contributed by atoms with Crippen molar-refractivity contribution in [1.29, 1.82) is 0 Å². The minimum absolute atomic E-state index is 0.171. The Balaban J connectivity index is 1.58. The van der Waals surface area contributed by atoms with Crippen molar-refractivity contribution < 1.29 is 15.0 Å². The second kappa shape index (κ2) is 7.44. The lowest BCUT2D eigenvalue weighted by Gasteiger charge is -2.26. The predicted octanol–water partition coefficient (Wildman–Crippen LogP) is 3.07. The van der Waals surface area contributed by atoms with Crippen molar-refractivity contribution in [2.24, 2.45) is 5.92 Å². The molecule has 1 fully saturated rings.